The summed E-state index contributed by atoms with van der Waals surface area (Å²) >= 11 is 0. The molecule has 1 aromatic carbocycles. The fourth-order valence-electron chi connectivity index (χ4n) is 2.60. The van der Waals surface area contributed by atoms with E-state index in [0.717, 1.165) is 16.8 Å². The van der Waals surface area contributed by atoms with Crippen molar-refractivity contribution in [3.8, 4) is 17.6 Å². The number of imidazole rings is 1. The van der Waals surface area contributed by atoms with Gasteiger partial charge < -0.3 is 18.6 Å². The number of nitriles is 1. The Kier molecular flexibility index (Phi) is 5.92. The van der Waals surface area contributed by atoms with Crippen LogP contribution in [0.4, 0.5) is 0 Å². The predicted octanol–water partition coefficient (Wildman–Crippen LogP) is 3.31. The Morgan fingerprint density at radius 3 is 2.89 bits per heavy atom. The quantitative estimate of drug-likeness (QED) is 0.464. The normalized spacial score (nSPS) is 10.8. The van der Waals surface area contributed by atoms with Gasteiger partial charge in [-0.25, -0.2) is 9.78 Å². The number of pyridine rings is 1. The van der Waals surface area contributed by atoms with Crippen molar-refractivity contribution in [2.45, 2.75) is 13.5 Å². The molecule has 7 nitrogen and oxygen atoms in total. The first-order valence-electron chi connectivity index (χ1n) is 8.56. The number of aryl methyl sites for hydroxylation is 1. The lowest BCUT2D eigenvalue weighted by Gasteiger charge is -2.08. The van der Waals surface area contributed by atoms with Crippen LogP contribution in [0.25, 0.3) is 11.7 Å². The molecule has 0 N–H and O–H groups in total. The number of nitrogens with zero attached hydrogens (tertiary/aromatic N) is 3. The minimum Gasteiger partial charge on any atom is -0.493 e. The second-order valence-corrected chi connectivity index (χ2v) is 6.00. The number of benzene rings is 1. The van der Waals surface area contributed by atoms with E-state index in [9.17, 15) is 4.79 Å². The van der Waals surface area contributed by atoms with Crippen molar-refractivity contribution in [2.75, 3.05) is 13.7 Å². The van der Waals surface area contributed by atoms with E-state index in [1.165, 1.54) is 13.2 Å². The maximum atomic E-state index is 12.0. The maximum absolute atomic E-state index is 12.0. The average Bonchev–Trinajstić information content (AvgIpc) is 3.11. The summed E-state index contributed by atoms with van der Waals surface area (Å²) in [6, 6.07) is 10.9. The molecule has 0 saturated carbocycles. The molecular weight excluding hydrogens is 358 g/mol. The number of aromatic nitrogens is 2. The number of hydrogen-bond acceptors (Lipinski definition) is 6. The van der Waals surface area contributed by atoms with Crippen LogP contribution in [-0.4, -0.2) is 29.1 Å². The Hall–Kier alpha value is -3.79. The summed E-state index contributed by atoms with van der Waals surface area (Å²) in [5, 5.41) is 8.59. The minimum absolute atomic E-state index is 0.0689. The van der Waals surface area contributed by atoms with E-state index >= 15 is 0 Å². The van der Waals surface area contributed by atoms with Crippen LogP contribution in [0.3, 0.4) is 0 Å². The summed E-state index contributed by atoms with van der Waals surface area (Å²) < 4.78 is 17.7. The Labute approximate surface area is 162 Å². The van der Waals surface area contributed by atoms with Crippen molar-refractivity contribution in [1.82, 2.24) is 9.38 Å². The number of hydrogen-bond donors (Lipinski definition) is 0. The molecule has 2 heterocycles. The molecule has 0 radical (unpaired) electrons. The third-order valence-electron chi connectivity index (χ3n) is 3.90. The molecule has 2 aromatic heterocycles. The van der Waals surface area contributed by atoms with Crippen molar-refractivity contribution in [3.05, 3.63) is 65.6 Å². The zero-order valence-electron chi connectivity index (χ0n) is 15.6. The molecule has 0 amide bonds. The van der Waals surface area contributed by atoms with E-state index in [1.54, 1.807) is 24.3 Å². The first kappa shape index (κ1) is 19.0. The molecule has 0 fully saturated rings. The molecule has 0 spiro atoms. The maximum Gasteiger partial charge on any atom is 0.331 e. The summed E-state index contributed by atoms with van der Waals surface area (Å²) in [5.74, 6) is 0.466. The lowest BCUT2D eigenvalue weighted by Crippen LogP contribution is -2.01. The van der Waals surface area contributed by atoms with Crippen molar-refractivity contribution in [3.63, 3.8) is 0 Å². The van der Waals surface area contributed by atoms with Gasteiger partial charge in [-0.15, -0.1) is 0 Å². The molecule has 142 valence electrons. The fourth-order valence-corrected chi connectivity index (χ4v) is 2.60. The highest BCUT2D eigenvalue weighted by Gasteiger charge is 2.06. The van der Waals surface area contributed by atoms with Crippen molar-refractivity contribution in [2.24, 2.45) is 0 Å². The van der Waals surface area contributed by atoms with Gasteiger partial charge in [0, 0.05) is 18.5 Å². The molecule has 0 aliphatic carbocycles. The predicted molar refractivity (Wildman–Crippen MR) is 103 cm³/mol. The number of carbonyl (C=O) groups is 1. The lowest BCUT2D eigenvalue weighted by molar-refractivity contribution is -0.139. The van der Waals surface area contributed by atoms with Gasteiger partial charge in [0.05, 0.1) is 12.8 Å². The topological polar surface area (TPSA) is 85.8 Å². The third-order valence-corrected chi connectivity index (χ3v) is 3.90. The standard InChI is InChI=1S/C21H19N3O4/c1-15-3-7-20-23-17(13-24(20)12-15)14-28-21(25)8-5-16-4-6-18(27-10-9-22)19(11-16)26-2/h3-8,11-13H,10,14H2,1-2H3. The van der Waals surface area contributed by atoms with Gasteiger partial charge in [0.25, 0.3) is 0 Å². The number of rotatable bonds is 7. The second kappa shape index (κ2) is 8.73. The summed E-state index contributed by atoms with van der Waals surface area (Å²) in [7, 11) is 1.51. The number of esters is 1. The van der Waals surface area contributed by atoms with Crippen LogP contribution in [0.1, 0.15) is 16.8 Å². The molecule has 0 atom stereocenters. The second-order valence-electron chi connectivity index (χ2n) is 6.00. The zero-order chi connectivity index (χ0) is 19.9. The molecular formula is C21H19N3O4. The highest BCUT2D eigenvalue weighted by Crippen LogP contribution is 2.28. The Balaban J connectivity index is 1.60. The molecule has 3 aromatic rings. The van der Waals surface area contributed by atoms with Gasteiger partial charge in [-0.1, -0.05) is 12.1 Å². The largest absolute Gasteiger partial charge is 0.493 e. The van der Waals surface area contributed by atoms with E-state index in [1.807, 2.05) is 41.9 Å². The van der Waals surface area contributed by atoms with Crippen LogP contribution < -0.4 is 9.47 Å². The number of methoxy groups -OCH3 is 1. The molecule has 0 bridgehead atoms. The summed E-state index contributed by atoms with van der Waals surface area (Å²) in [5.41, 5.74) is 3.34. The summed E-state index contributed by atoms with van der Waals surface area (Å²) in [4.78, 5) is 16.4. The Bertz CT molecular complexity index is 1060. The summed E-state index contributed by atoms with van der Waals surface area (Å²) in [6.07, 6.45) is 6.76. The molecule has 3 rings (SSSR count). The zero-order valence-corrected chi connectivity index (χ0v) is 15.6. The number of carbonyl (C=O) groups excluding carboxylic acids is 1. The van der Waals surface area contributed by atoms with E-state index in [0.29, 0.717) is 17.2 Å². The van der Waals surface area contributed by atoms with Crippen LogP contribution >= 0.6 is 0 Å². The molecule has 7 heteroatoms. The van der Waals surface area contributed by atoms with Crippen molar-refractivity contribution in [1.29, 1.82) is 5.26 Å². The fraction of sp³-hybridized carbons (Fsp3) is 0.190. The van der Waals surface area contributed by atoms with E-state index in [-0.39, 0.29) is 13.2 Å². The number of fused-ring (bicyclic) bond motifs is 1. The van der Waals surface area contributed by atoms with Crippen LogP contribution in [-0.2, 0) is 16.1 Å². The van der Waals surface area contributed by atoms with Gasteiger partial charge in [-0.2, -0.15) is 5.26 Å². The Morgan fingerprint density at radius 1 is 1.25 bits per heavy atom. The van der Waals surface area contributed by atoms with Gasteiger partial charge >= 0.3 is 5.97 Å². The van der Waals surface area contributed by atoms with Crippen LogP contribution in [0.15, 0.2) is 48.8 Å². The summed E-state index contributed by atoms with van der Waals surface area (Å²) in [6.45, 7) is 2.02. The first-order chi connectivity index (χ1) is 13.6. The van der Waals surface area contributed by atoms with E-state index in [2.05, 4.69) is 4.98 Å². The monoisotopic (exact) mass is 377 g/mol. The molecule has 0 aliphatic rings. The molecule has 0 aliphatic heterocycles. The van der Waals surface area contributed by atoms with Crippen molar-refractivity contribution >= 4 is 17.7 Å². The van der Waals surface area contributed by atoms with Crippen LogP contribution in [0, 0.1) is 18.3 Å². The minimum atomic E-state index is -0.475. The molecule has 0 saturated heterocycles. The molecule has 0 unspecified atom stereocenters. The highest BCUT2D eigenvalue weighted by molar-refractivity contribution is 5.87. The van der Waals surface area contributed by atoms with Crippen LogP contribution in [0.5, 0.6) is 11.5 Å². The average molecular weight is 377 g/mol. The van der Waals surface area contributed by atoms with E-state index in [4.69, 9.17) is 19.5 Å². The van der Waals surface area contributed by atoms with Crippen LogP contribution in [0.2, 0.25) is 0 Å². The SMILES string of the molecule is COc1cc(C=CC(=O)OCc2cn3cc(C)ccc3n2)ccc1OCC#N. The van der Waals surface area contributed by atoms with Gasteiger partial charge in [0.1, 0.15) is 18.3 Å². The van der Waals surface area contributed by atoms with E-state index < -0.39 is 5.97 Å². The van der Waals surface area contributed by atoms with Crippen molar-refractivity contribution < 1.29 is 19.0 Å². The first-order valence-corrected chi connectivity index (χ1v) is 8.56. The van der Waals surface area contributed by atoms with Gasteiger partial charge in [-0.3, -0.25) is 0 Å². The van der Waals surface area contributed by atoms with Gasteiger partial charge in [-0.05, 0) is 42.3 Å². The van der Waals surface area contributed by atoms with Gasteiger partial charge in [0.2, 0.25) is 0 Å². The smallest absolute Gasteiger partial charge is 0.331 e. The highest BCUT2D eigenvalue weighted by atomic mass is 16.5. The molecule has 28 heavy (non-hydrogen) atoms. The third kappa shape index (κ3) is 4.68. The van der Waals surface area contributed by atoms with Gasteiger partial charge in [0.15, 0.2) is 18.1 Å². The number of ether oxygens (including phenoxy) is 3. The lowest BCUT2D eigenvalue weighted by atomic mass is 10.2. The Morgan fingerprint density at radius 2 is 2.11 bits per heavy atom.